The third kappa shape index (κ3) is 5.85. The summed E-state index contributed by atoms with van der Waals surface area (Å²) < 4.78 is 9.45. The van der Waals surface area contributed by atoms with Crippen molar-refractivity contribution in [1.82, 2.24) is 0 Å². The number of rotatable bonds is 11. The molecule has 0 aliphatic carbocycles. The zero-order chi connectivity index (χ0) is 21.1. The lowest BCUT2D eigenvalue weighted by Crippen LogP contribution is -2.36. The monoisotopic (exact) mass is 472 g/mol. The minimum atomic E-state index is -0.654. The van der Waals surface area contributed by atoms with Crippen LogP contribution in [-0.4, -0.2) is 24.3 Å². The van der Waals surface area contributed by atoms with Crippen molar-refractivity contribution >= 4 is 31.1 Å². The molecule has 0 bridgehead atoms. The molecule has 30 heavy (non-hydrogen) atoms. The van der Waals surface area contributed by atoms with E-state index in [1.54, 1.807) is 0 Å². The van der Waals surface area contributed by atoms with E-state index < -0.39 is 5.60 Å². The Hall–Kier alpha value is -1.39. The minimum Gasteiger partial charge on any atom is -0.354 e. The summed E-state index contributed by atoms with van der Waals surface area (Å²) >= 11 is 3.32. The number of halogens is 1. The van der Waals surface area contributed by atoms with E-state index in [2.05, 4.69) is 121 Å². The first-order valence-corrected chi connectivity index (χ1v) is 15.6. The molecule has 0 radical (unpaired) electrons. The first-order valence-electron chi connectivity index (χ1n) is 10.9. The van der Waals surface area contributed by atoms with E-state index in [1.807, 2.05) is 0 Å². The predicted octanol–water partition coefficient (Wildman–Crippen LogP) is 7.47. The van der Waals surface area contributed by atoms with E-state index in [1.165, 1.54) is 19.3 Å². The first-order chi connectivity index (χ1) is 14.8. The van der Waals surface area contributed by atoms with E-state index in [4.69, 9.17) is 4.74 Å². The largest absolute Gasteiger partial charge is 0.498 e. The molecular weight excluding hydrogens is 445 g/mol. The van der Waals surface area contributed by atoms with Gasteiger partial charge < -0.3 is 4.74 Å². The third-order valence-electron chi connectivity index (χ3n) is 5.40. The van der Waals surface area contributed by atoms with Crippen LogP contribution in [0, 0.1) is 0 Å². The van der Waals surface area contributed by atoms with Gasteiger partial charge in [0, 0.05) is 0 Å². The molecule has 152 valence electrons. The van der Waals surface area contributed by atoms with Gasteiger partial charge in [0.1, 0.15) is 5.60 Å². The molecule has 0 aliphatic heterocycles. The van der Waals surface area contributed by atoms with Gasteiger partial charge in [0.25, 0.3) is 0 Å². The second kappa shape index (κ2) is 12.5. The Labute approximate surface area is 197 Å². The highest BCUT2D eigenvalue weighted by molar-refractivity contribution is 9.23. The van der Waals surface area contributed by atoms with Gasteiger partial charge in [0.15, 0.2) is 0 Å². The summed E-state index contributed by atoms with van der Waals surface area (Å²) in [7, 11) is 0. The van der Waals surface area contributed by atoms with Crippen molar-refractivity contribution < 1.29 is 4.74 Å². The fourth-order valence-electron chi connectivity index (χ4n) is 3.94. The number of hydrogen-bond acceptors (Lipinski definition) is 1. The average Bonchev–Trinajstić information content (AvgIpc) is 2.82. The topological polar surface area (TPSA) is 9.23 Å². The quantitative estimate of drug-likeness (QED) is 0.159. The molecule has 0 saturated heterocycles. The lowest BCUT2D eigenvalue weighted by atomic mass is 9.79. The van der Waals surface area contributed by atoms with Crippen LogP contribution in [0.5, 0.6) is 0 Å². The third-order valence-corrected chi connectivity index (χ3v) is 6.97. The number of ether oxygens (including phenoxy) is 1. The highest BCUT2D eigenvalue weighted by Gasteiger charge is 2.39. The molecule has 3 aromatic carbocycles. The van der Waals surface area contributed by atoms with E-state index in [9.17, 15) is 0 Å². The molecule has 1 nitrogen and oxygen atoms in total. The van der Waals surface area contributed by atoms with Crippen LogP contribution in [0.2, 0.25) is 0 Å². The lowest BCUT2D eigenvalue weighted by Gasteiger charge is -2.38. The standard InChI is InChI=1S/C27H29O.BrH.Mg/c1-3-5-9-22-26(4-2)28-27(23-16-10-6-11-17-23,24-18-12-7-13-19-24)25-20-14-8-15-21-25;;/h2,4,6-8,10-21,26H,3,5,9,22H2,1H3;1H;/q;;+1/p-1. The van der Waals surface area contributed by atoms with Gasteiger partial charge in [-0.15, -0.1) is 0 Å². The van der Waals surface area contributed by atoms with Gasteiger partial charge in [-0.3, -0.25) is 12.9 Å². The summed E-state index contributed by atoms with van der Waals surface area (Å²) in [5, 5.41) is 0. The number of hydrogen-bond donors (Lipinski definition) is 0. The fourth-order valence-corrected chi connectivity index (χ4v) is 5.00. The smallest absolute Gasteiger partial charge is 0.354 e. The van der Waals surface area contributed by atoms with E-state index >= 15 is 0 Å². The maximum atomic E-state index is 7.16. The average molecular weight is 474 g/mol. The molecule has 0 saturated carbocycles. The molecule has 0 aromatic heterocycles. The van der Waals surface area contributed by atoms with E-state index in [0.29, 0.717) is 0 Å². The van der Waals surface area contributed by atoms with Crippen LogP contribution < -0.4 is 0 Å². The predicted molar refractivity (Wildman–Crippen MR) is 132 cm³/mol. The van der Waals surface area contributed by atoms with E-state index in [0.717, 1.165) is 23.1 Å². The maximum Gasteiger partial charge on any atom is 0.498 e. The molecule has 1 unspecified atom stereocenters. The van der Waals surface area contributed by atoms with Gasteiger partial charge in [-0.25, -0.2) is 0 Å². The highest BCUT2D eigenvalue weighted by Crippen LogP contribution is 2.42. The molecule has 0 spiro atoms. The Kier molecular flexibility index (Phi) is 9.66. The van der Waals surface area contributed by atoms with Crippen LogP contribution in [-0.2, 0) is 10.3 Å². The van der Waals surface area contributed by atoms with Crippen molar-refractivity contribution in [2.45, 2.75) is 44.3 Å². The van der Waals surface area contributed by atoms with Crippen molar-refractivity contribution in [1.29, 1.82) is 0 Å². The normalized spacial score (nSPS) is 12.6. The summed E-state index contributed by atoms with van der Waals surface area (Å²) in [4.78, 5) is 0. The van der Waals surface area contributed by atoms with Crippen LogP contribution in [0.4, 0.5) is 0 Å². The van der Waals surface area contributed by atoms with Crippen molar-refractivity contribution in [3.05, 3.63) is 118 Å². The SMILES string of the molecule is CCCCCC(/C=[CH]/[Mg][Br])OC(c1ccccc1)(c1ccccc1)c1ccccc1. The molecule has 0 aliphatic rings. The number of benzene rings is 3. The van der Waals surface area contributed by atoms with Crippen LogP contribution in [0.15, 0.2) is 101 Å². The van der Waals surface area contributed by atoms with Gasteiger partial charge >= 0.3 is 18.2 Å². The van der Waals surface area contributed by atoms with Crippen LogP contribution in [0.25, 0.3) is 0 Å². The van der Waals surface area contributed by atoms with Crippen LogP contribution in [0.3, 0.4) is 0 Å². The molecule has 3 heteroatoms. The molecule has 0 amide bonds. The summed E-state index contributed by atoms with van der Waals surface area (Å²) in [6.07, 6.45) is 6.98. The van der Waals surface area contributed by atoms with Gasteiger partial charge in [0.05, 0.1) is 6.10 Å². The van der Waals surface area contributed by atoms with Crippen LogP contribution in [0.1, 0.15) is 49.3 Å². The molecule has 0 N–H and O–H groups in total. The highest BCUT2D eigenvalue weighted by atomic mass is 79.9. The van der Waals surface area contributed by atoms with Gasteiger partial charge in [-0.1, -0.05) is 123 Å². The number of unbranched alkanes of at least 4 members (excludes halogenated alkanes) is 2. The first kappa shape index (κ1) is 23.3. The summed E-state index contributed by atoms with van der Waals surface area (Å²) in [5.41, 5.74) is 2.82. The van der Waals surface area contributed by atoms with Crippen molar-refractivity contribution in [3.63, 3.8) is 0 Å². The van der Waals surface area contributed by atoms with Crippen LogP contribution >= 0.6 is 12.9 Å². The van der Waals surface area contributed by atoms with Crippen molar-refractivity contribution in [2.24, 2.45) is 0 Å². The van der Waals surface area contributed by atoms with Crippen molar-refractivity contribution in [2.75, 3.05) is 0 Å². The maximum absolute atomic E-state index is 7.16. The molecule has 3 aromatic rings. The molecule has 1 atom stereocenters. The summed E-state index contributed by atoms with van der Waals surface area (Å²) in [6, 6.07) is 31.9. The lowest BCUT2D eigenvalue weighted by molar-refractivity contribution is -0.0285. The molecular formula is C27H29BrMgO. The Morgan fingerprint density at radius 1 is 0.800 bits per heavy atom. The second-order valence-electron chi connectivity index (χ2n) is 7.51. The molecule has 0 fully saturated rings. The Morgan fingerprint density at radius 2 is 1.27 bits per heavy atom. The zero-order valence-electron chi connectivity index (χ0n) is 17.7. The second-order valence-corrected chi connectivity index (χ2v) is 10.2. The molecule has 3 rings (SSSR count). The fraction of sp³-hybridized carbons (Fsp3) is 0.259. The van der Waals surface area contributed by atoms with Gasteiger partial charge in [-0.05, 0) is 23.1 Å². The Bertz CT molecular complexity index is 784. The summed E-state index contributed by atoms with van der Waals surface area (Å²) in [6.45, 7) is 2.25. The van der Waals surface area contributed by atoms with Crippen molar-refractivity contribution in [3.8, 4) is 0 Å². The Balaban J connectivity index is 2.15. The van der Waals surface area contributed by atoms with Gasteiger partial charge in [0.2, 0.25) is 0 Å². The molecule has 0 heterocycles. The zero-order valence-corrected chi connectivity index (χ0v) is 20.7. The summed E-state index contributed by atoms with van der Waals surface area (Å²) in [5.74, 6) is 0. The van der Waals surface area contributed by atoms with E-state index in [-0.39, 0.29) is 24.3 Å². The Morgan fingerprint density at radius 3 is 1.67 bits per heavy atom. The van der Waals surface area contributed by atoms with Gasteiger partial charge in [-0.2, -0.15) is 4.21 Å². The minimum absolute atomic E-state index is 0.0576.